The molecule has 124 valence electrons. The van der Waals surface area contributed by atoms with Crippen molar-refractivity contribution in [1.82, 2.24) is 25.0 Å². The Bertz CT molecular complexity index is 674. The summed E-state index contributed by atoms with van der Waals surface area (Å²) in [5, 5.41) is 7.72. The lowest BCUT2D eigenvalue weighted by Crippen LogP contribution is -2.40. The average molecular weight is 332 g/mol. The fourth-order valence-corrected chi connectivity index (χ4v) is 3.63. The number of nitrogens with zero attached hydrogens (tertiary/aromatic N) is 5. The quantitative estimate of drug-likeness (QED) is 0.688. The van der Waals surface area contributed by atoms with Crippen molar-refractivity contribution in [1.29, 1.82) is 0 Å². The predicted molar refractivity (Wildman–Crippen MR) is 93.8 cm³/mol. The standard InChI is InChI=1S/C16H24N6S/c1-4-17-16(18-8-15-12(2)19-11-23-15)22-6-5-13(10-22)14-7-20-21(3)9-14/h7,9,11,13H,4-6,8,10H2,1-3H3,(H,17,18). The molecule has 0 aliphatic carbocycles. The molecule has 2 aromatic heterocycles. The topological polar surface area (TPSA) is 58.3 Å². The number of hydrogen-bond acceptors (Lipinski definition) is 4. The van der Waals surface area contributed by atoms with Gasteiger partial charge in [0, 0.05) is 43.7 Å². The van der Waals surface area contributed by atoms with Crippen molar-refractivity contribution in [2.75, 3.05) is 19.6 Å². The molecule has 7 heteroatoms. The number of aryl methyl sites for hydroxylation is 2. The Morgan fingerprint density at radius 3 is 3.04 bits per heavy atom. The first-order chi connectivity index (χ1) is 11.2. The molecular weight excluding hydrogens is 308 g/mol. The summed E-state index contributed by atoms with van der Waals surface area (Å²) in [6.45, 7) is 7.78. The Morgan fingerprint density at radius 1 is 1.52 bits per heavy atom. The van der Waals surface area contributed by atoms with Crippen LogP contribution in [0.4, 0.5) is 0 Å². The maximum Gasteiger partial charge on any atom is 0.194 e. The van der Waals surface area contributed by atoms with Gasteiger partial charge in [-0.1, -0.05) is 0 Å². The van der Waals surface area contributed by atoms with Gasteiger partial charge in [0.25, 0.3) is 0 Å². The van der Waals surface area contributed by atoms with Crippen molar-refractivity contribution in [3.8, 4) is 0 Å². The van der Waals surface area contributed by atoms with E-state index in [0.29, 0.717) is 12.5 Å². The Labute approximate surface area is 141 Å². The van der Waals surface area contributed by atoms with Gasteiger partial charge in [-0.15, -0.1) is 11.3 Å². The largest absolute Gasteiger partial charge is 0.357 e. The minimum Gasteiger partial charge on any atom is -0.357 e. The zero-order valence-corrected chi connectivity index (χ0v) is 14.8. The number of likely N-dealkylation sites (tertiary alicyclic amines) is 1. The maximum absolute atomic E-state index is 4.81. The molecule has 3 rings (SSSR count). The molecule has 0 amide bonds. The molecule has 1 aliphatic heterocycles. The van der Waals surface area contributed by atoms with Crippen LogP contribution in [0.15, 0.2) is 22.9 Å². The molecule has 1 atom stereocenters. The van der Waals surface area contributed by atoms with Gasteiger partial charge in [-0.2, -0.15) is 5.10 Å². The van der Waals surface area contributed by atoms with E-state index in [1.165, 1.54) is 10.4 Å². The van der Waals surface area contributed by atoms with E-state index in [9.17, 15) is 0 Å². The molecule has 6 nitrogen and oxygen atoms in total. The van der Waals surface area contributed by atoms with Crippen molar-refractivity contribution >= 4 is 17.3 Å². The highest BCUT2D eigenvalue weighted by atomic mass is 32.1. The van der Waals surface area contributed by atoms with Crippen molar-refractivity contribution in [2.24, 2.45) is 12.0 Å². The van der Waals surface area contributed by atoms with E-state index in [2.05, 4.69) is 33.4 Å². The van der Waals surface area contributed by atoms with Gasteiger partial charge in [0.15, 0.2) is 5.96 Å². The van der Waals surface area contributed by atoms with Crippen LogP contribution in [-0.2, 0) is 13.6 Å². The molecule has 3 heterocycles. The summed E-state index contributed by atoms with van der Waals surface area (Å²) >= 11 is 1.68. The lowest BCUT2D eigenvalue weighted by molar-refractivity contribution is 0.486. The Hall–Kier alpha value is -1.89. The van der Waals surface area contributed by atoms with Gasteiger partial charge in [0.05, 0.1) is 23.9 Å². The second-order valence-corrected chi connectivity index (χ2v) is 6.85. The van der Waals surface area contributed by atoms with Gasteiger partial charge in [0.2, 0.25) is 0 Å². The van der Waals surface area contributed by atoms with Gasteiger partial charge in [-0.05, 0) is 25.8 Å². The number of guanidine groups is 1. The van der Waals surface area contributed by atoms with E-state index in [4.69, 9.17) is 4.99 Å². The first-order valence-electron chi connectivity index (χ1n) is 8.08. The van der Waals surface area contributed by atoms with Crippen molar-refractivity contribution in [3.63, 3.8) is 0 Å². The number of nitrogens with one attached hydrogen (secondary N) is 1. The van der Waals surface area contributed by atoms with Gasteiger partial charge >= 0.3 is 0 Å². The fraction of sp³-hybridized carbons (Fsp3) is 0.562. The lowest BCUT2D eigenvalue weighted by Gasteiger charge is -2.21. The van der Waals surface area contributed by atoms with Crippen molar-refractivity contribution in [3.05, 3.63) is 34.0 Å². The van der Waals surface area contributed by atoms with E-state index >= 15 is 0 Å². The van der Waals surface area contributed by atoms with Crippen molar-refractivity contribution in [2.45, 2.75) is 32.7 Å². The van der Waals surface area contributed by atoms with Crippen LogP contribution in [0.25, 0.3) is 0 Å². The monoisotopic (exact) mass is 332 g/mol. The Kier molecular flexibility index (Phi) is 4.95. The molecule has 23 heavy (non-hydrogen) atoms. The fourth-order valence-electron chi connectivity index (χ4n) is 2.93. The number of thiazole rings is 1. The third kappa shape index (κ3) is 3.72. The molecule has 1 aliphatic rings. The van der Waals surface area contributed by atoms with Crippen LogP contribution in [-0.4, -0.2) is 45.3 Å². The van der Waals surface area contributed by atoms with Crippen LogP contribution in [0.1, 0.15) is 35.4 Å². The molecule has 1 fully saturated rings. The summed E-state index contributed by atoms with van der Waals surface area (Å²) in [5.74, 6) is 1.55. The van der Waals surface area contributed by atoms with Crippen LogP contribution in [0.5, 0.6) is 0 Å². The van der Waals surface area contributed by atoms with Crippen LogP contribution >= 0.6 is 11.3 Å². The van der Waals surface area contributed by atoms with Gasteiger partial charge in [-0.3, -0.25) is 4.68 Å². The Morgan fingerprint density at radius 2 is 2.39 bits per heavy atom. The van der Waals surface area contributed by atoms with Crippen LogP contribution < -0.4 is 5.32 Å². The second-order valence-electron chi connectivity index (χ2n) is 5.91. The van der Waals surface area contributed by atoms with Gasteiger partial charge in [0.1, 0.15) is 0 Å². The third-order valence-corrected chi connectivity index (χ3v) is 5.16. The summed E-state index contributed by atoms with van der Waals surface area (Å²) in [7, 11) is 1.97. The van der Waals surface area contributed by atoms with Gasteiger partial charge in [-0.25, -0.2) is 9.98 Å². The highest BCUT2D eigenvalue weighted by molar-refractivity contribution is 7.09. The molecule has 1 N–H and O–H groups in total. The lowest BCUT2D eigenvalue weighted by atomic mass is 10.0. The van der Waals surface area contributed by atoms with Crippen LogP contribution in [0.3, 0.4) is 0 Å². The number of aliphatic imine (C=N–C) groups is 1. The first-order valence-corrected chi connectivity index (χ1v) is 8.96. The summed E-state index contributed by atoms with van der Waals surface area (Å²) < 4.78 is 1.88. The van der Waals surface area contributed by atoms with E-state index in [1.807, 2.05) is 30.4 Å². The van der Waals surface area contributed by atoms with E-state index < -0.39 is 0 Å². The van der Waals surface area contributed by atoms with Gasteiger partial charge < -0.3 is 10.2 Å². The second kappa shape index (κ2) is 7.12. The SMILES string of the molecule is CCNC(=NCc1scnc1C)N1CCC(c2cnn(C)c2)C1. The smallest absolute Gasteiger partial charge is 0.194 e. The molecule has 0 bridgehead atoms. The number of aromatic nitrogens is 3. The van der Waals surface area contributed by atoms with E-state index in [-0.39, 0.29) is 0 Å². The molecule has 0 aromatic carbocycles. The summed E-state index contributed by atoms with van der Waals surface area (Å²) in [4.78, 5) is 12.7. The van der Waals surface area contributed by atoms with Crippen molar-refractivity contribution < 1.29 is 0 Å². The van der Waals surface area contributed by atoms with Crippen LogP contribution in [0.2, 0.25) is 0 Å². The average Bonchev–Trinajstić information content (AvgIpc) is 3.25. The molecule has 0 saturated carbocycles. The first kappa shape index (κ1) is 16.0. The predicted octanol–water partition coefficient (Wildman–Crippen LogP) is 2.14. The normalized spacial score (nSPS) is 18.7. The minimum absolute atomic E-state index is 0.540. The molecule has 1 saturated heterocycles. The highest BCUT2D eigenvalue weighted by Gasteiger charge is 2.26. The Balaban J connectivity index is 1.68. The zero-order chi connectivity index (χ0) is 16.2. The minimum atomic E-state index is 0.540. The summed E-state index contributed by atoms with van der Waals surface area (Å²) in [5.41, 5.74) is 4.30. The third-order valence-electron chi connectivity index (χ3n) is 4.24. The van der Waals surface area contributed by atoms with E-state index in [1.54, 1.807) is 11.3 Å². The van der Waals surface area contributed by atoms with E-state index in [0.717, 1.165) is 37.7 Å². The number of rotatable bonds is 4. The van der Waals surface area contributed by atoms with Crippen LogP contribution in [0, 0.1) is 6.92 Å². The number of hydrogen-bond donors (Lipinski definition) is 1. The molecular formula is C16H24N6S. The zero-order valence-electron chi connectivity index (χ0n) is 14.0. The molecule has 2 aromatic rings. The summed E-state index contributed by atoms with van der Waals surface area (Å²) in [6.07, 6.45) is 5.26. The maximum atomic E-state index is 4.81. The summed E-state index contributed by atoms with van der Waals surface area (Å²) in [6, 6.07) is 0. The molecule has 0 spiro atoms. The molecule has 1 unspecified atom stereocenters. The highest BCUT2D eigenvalue weighted by Crippen LogP contribution is 2.26. The molecule has 0 radical (unpaired) electrons.